The van der Waals surface area contributed by atoms with Gasteiger partial charge in [0.25, 0.3) is 0 Å². The van der Waals surface area contributed by atoms with Gasteiger partial charge >= 0.3 is 0 Å². The van der Waals surface area contributed by atoms with Crippen LogP contribution in [0.15, 0.2) is 52.9 Å². The Balaban J connectivity index is 1.87. The number of para-hydroxylation sites is 1. The summed E-state index contributed by atoms with van der Waals surface area (Å²) in [5.74, 6) is 0. The standard InChI is InChI=1S/C24H18N4O/c1-14-8-9-19-18-6-4-5-7-21(18)29-24(19)22(14)28-15(2)27(3)23-17(13-26)10-16(12-25)11-20(23)28/h4-11,15H,1-3H3/t15-/m0/s1. The van der Waals surface area contributed by atoms with Crippen molar-refractivity contribution in [2.24, 2.45) is 0 Å². The van der Waals surface area contributed by atoms with E-state index in [2.05, 4.69) is 54.0 Å². The monoisotopic (exact) mass is 378 g/mol. The van der Waals surface area contributed by atoms with Crippen LogP contribution < -0.4 is 9.80 Å². The van der Waals surface area contributed by atoms with E-state index in [1.54, 1.807) is 6.07 Å². The lowest BCUT2D eigenvalue weighted by Gasteiger charge is -2.29. The van der Waals surface area contributed by atoms with Crippen molar-refractivity contribution in [2.75, 3.05) is 16.8 Å². The summed E-state index contributed by atoms with van der Waals surface area (Å²) in [6.07, 6.45) is -0.0384. The zero-order valence-electron chi connectivity index (χ0n) is 16.4. The van der Waals surface area contributed by atoms with E-state index in [1.165, 1.54) is 0 Å². The maximum absolute atomic E-state index is 9.68. The number of aryl methyl sites for hydroxylation is 1. The van der Waals surface area contributed by atoms with Crippen molar-refractivity contribution in [3.63, 3.8) is 0 Å². The van der Waals surface area contributed by atoms with E-state index in [9.17, 15) is 10.5 Å². The molecule has 1 aliphatic heterocycles. The maximum atomic E-state index is 9.68. The highest BCUT2D eigenvalue weighted by atomic mass is 16.3. The van der Waals surface area contributed by atoms with Gasteiger partial charge in [0.1, 0.15) is 17.8 Å². The number of anilines is 3. The second kappa shape index (κ2) is 6.02. The highest BCUT2D eigenvalue weighted by Gasteiger charge is 2.36. The van der Waals surface area contributed by atoms with Gasteiger partial charge in [-0.2, -0.15) is 10.5 Å². The summed E-state index contributed by atoms with van der Waals surface area (Å²) in [4.78, 5) is 4.26. The van der Waals surface area contributed by atoms with Gasteiger partial charge in [0.2, 0.25) is 0 Å². The number of hydrogen-bond acceptors (Lipinski definition) is 5. The molecule has 5 rings (SSSR count). The van der Waals surface area contributed by atoms with E-state index in [-0.39, 0.29) is 6.17 Å². The molecule has 5 nitrogen and oxygen atoms in total. The molecule has 29 heavy (non-hydrogen) atoms. The van der Waals surface area contributed by atoms with Crippen molar-refractivity contribution in [1.29, 1.82) is 10.5 Å². The summed E-state index contributed by atoms with van der Waals surface area (Å²) in [5, 5.41) is 21.3. The van der Waals surface area contributed by atoms with Crippen molar-refractivity contribution < 1.29 is 4.42 Å². The zero-order chi connectivity index (χ0) is 20.3. The number of nitriles is 2. The first-order valence-electron chi connectivity index (χ1n) is 9.46. The van der Waals surface area contributed by atoms with Gasteiger partial charge in [0.05, 0.1) is 34.3 Å². The summed E-state index contributed by atoms with van der Waals surface area (Å²) in [7, 11) is 1.98. The zero-order valence-corrected chi connectivity index (χ0v) is 16.4. The summed E-state index contributed by atoms with van der Waals surface area (Å²) >= 11 is 0. The third kappa shape index (κ3) is 2.25. The molecule has 0 radical (unpaired) electrons. The van der Waals surface area contributed by atoms with Gasteiger partial charge in [-0.05, 0) is 37.6 Å². The van der Waals surface area contributed by atoms with Crippen molar-refractivity contribution in [2.45, 2.75) is 20.0 Å². The van der Waals surface area contributed by atoms with Gasteiger partial charge < -0.3 is 14.2 Å². The average Bonchev–Trinajstić information content (AvgIpc) is 3.23. The minimum Gasteiger partial charge on any atom is -0.454 e. The smallest absolute Gasteiger partial charge is 0.159 e. The van der Waals surface area contributed by atoms with E-state index in [0.29, 0.717) is 11.1 Å². The Hall–Kier alpha value is -3.96. The van der Waals surface area contributed by atoms with Gasteiger partial charge in [0, 0.05) is 17.8 Å². The van der Waals surface area contributed by atoms with E-state index in [0.717, 1.165) is 44.6 Å². The molecular formula is C24H18N4O. The molecule has 0 bridgehead atoms. The Bertz CT molecular complexity index is 1390. The van der Waals surface area contributed by atoms with Gasteiger partial charge in [-0.25, -0.2) is 0 Å². The topological polar surface area (TPSA) is 67.2 Å². The molecule has 0 aliphatic carbocycles. The molecule has 0 fully saturated rings. The lowest BCUT2D eigenvalue weighted by Crippen LogP contribution is -2.36. The fourth-order valence-electron chi connectivity index (χ4n) is 4.36. The van der Waals surface area contributed by atoms with Crippen LogP contribution in [-0.4, -0.2) is 13.2 Å². The maximum Gasteiger partial charge on any atom is 0.159 e. The molecule has 1 aromatic heterocycles. The Labute approximate surface area is 168 Å². The van der Waals surface area contributed by atoms with Gasteiger partial charge in [-0.3, -0.25) is 0 Å². The van der Waals surface area contributed by atoms with E-state index in [1.807, 2.05) is 31.3 Å². The largest absolute Gasteiger partial charge is 0.454 e. The van der Waals surface area contributed by atoms with Crippen molar-refractivity contribution in [3.8, 4) is 12.1 Å². The number of fused-ring (bicyclic) bond motifs is 4. The van der Waals surface area contributed by atoms with Crippen LogP contribution in [-0.2, 0) is 0 Å². The third-order valence-electron chi connectivity index (χ3n) is 5.85. The lowest BCUT2D eigenvalue weighted by atomic mass is 10.0. The molecule has 3 aromatic carbocycles. The van der Waals surface area contributed by atoms with Gasteiger partial charge in [-0.1, -0.05) is 30.3 Å². The van der Waals surface area contributed by atoms with Crippen LogP contribution in [0.5, 0.6) is 0 Å². The number of furan rings is 1. The number of benzene rings is 3. The van der Waals surface area contributed by atoms with Crippen LogP contribution in [0, 0.1) is 29.6 Å². The van der Waals surface area contributed by atoms with Gasteiger partial charge in [0.15, 0.2) is 5.58 Å². The van der Waals surface area contributed by atoms with Gasteiger partial charge in [-0.15, -0.1) is 0 Å². The average molecular weight is 378 g/mol. The van der Waals surface area contributed by atoms with Crippen molar-refractivity contribution in [1.82, 2.24) is 0 Å². The molecule has 1 atom stereocenters. The normalized spacial score (nSPS) is 15.6. The first-order valence-corrected chi connectivity index (χ1v) is 9.46. The van der Waals surface area contributed by atoms with E-state index < -0.39 is 0 Å². The predicted octanol–water partition coefficient (Wildman–Crippen LogP) is 5.57. The predicted molar refractivity (Wildman–Crippen MR) is 114 cm³/mol. The van der Waals surface area contributed by atoms with Crippen molar-refractivity contribution in [3.05, 3.63) is 65.2 Å². The van der Waals surface area contributed by atoms with Crippen LogP contribution in [0.4, 0.5) is 17.1 Å². The molecule has 1 aliphatic rings. The molecule has 0 saturated carbocycles. The summed E-state index contributed by atoms with van der Waals surface area (Å²) in [6, 6.07) is 20.2. The third-order valence-corrected chi connectivity index (χ3v) is 5.85. The molecule has 2 heterocycles. The molecular weight excluding hydrogens is 360 g/mol. The quantitative estimate of drug-likeness (QED) is 0.433. The fraction of sp³-hybridized carbons (Fsp3) is 0.167. The van der Waals surface area contributed by atoms with E-state index >= 15 is 0 Å². The minimum absolute atomic E-state index is 0.0384. The van der Waals surface area contributed by atoms with E-state index in [4.69, 9.17) is 4.42 Å². The van der Waals surface area contributed by atoms with Crippen LogP contribution in [0.3, 0.4) is 0 Å². The Morgan fingerprint density at radius 3 is 2.52 bits per heavy atom. The second-order valence-electron chi connectivity index (χ2n) is 7.43. The number of rotatable bonds is 1. The molecule has 4 aromatic rings. The molecule has 0 unspecified atom stereocenters. The lowest BCUT2D eigenvalue weighted by molar-refractivity contribution is 0.661. The molecule has 0 saturated heterocycles. The Morgan fingerprint density at radius 1 is 0.966 bits per heavy atom. The number of nitrogens with zero attached hydrogens (tertiary/aromatic N) is 4. The molecule has 5 heteroatoms. The summed E-state index contributed by atoms with van der Waals surface area (Å²) in [5.41, 5.74) is 6.38. The SMILES string of the molecule is Cc1ccc2c(oc3ccccc32)c1N1c2cc(C#N)cc(C#N)c2N(C)[C@@H]1C. The molecule has 140 valence electrons. The molecule has 0 amide bonds. The molecule has 0 spiro atoms. The van der Waals surface area contributed by atoms with Crippen LogP contribution in [0.2, 0.25) is 0 Å². The Kier molecular flexibility index (Phi) is 3.56. The highest BCUT2D eigenvalue weighted by Crippen LogP contribution is 2.49. The fourth-order valence-corrected chi connectivity index (χ4v) is 4.36. The van der Waals surface area contributed by atoms with Crippen LogP contribution in [0.25, 0.3) is 21.9 Å². The Morgan fingerprint density at radius 2 is 1.76 bits per heavy atom. The molecule has 0 N–H and O–H groups in total. The van der Waals surface area contributed by atoms with Crippen LogP contribution in [0.1, 0.15) is 23.6 Å². The first-order chi connectivity index (χ1) is 14.0. The van der Waals surface area contributed by atoms with Crippen molar-refractivity contribution >= 4 is 39.0 Å². The first kappa shape index (κ1) is 17.2. The summed E-state index contributed by atoms with van der Waals surface area (Å²) in [6.45, 7) is 4.15. The van der Waals surface area contributed by atoms with Crippen LogP contribution >= 0.6 is 0 Å². The second-order valence-corrected chi connectivity index (χ2v) is 7.43. The summed E-state index contributed by atoms with van der Waals surface area (Å²) < 4.78 is 6.30. The highest BCUT2D eigenvalue weighted by molar-refractivity contribution is 6.11. The minimum atomic E-state index is -0.0384. The number of hydrogen-bond donors (Lipinski definition) is 0.